The molecule has 4 aromatic rings. The van der Waals surface area contributed by atoms with E-state index in [0.717, 1.165) is 18.3 Å². The van der Waals surface area contributed by atoms with Gasteiger partial charge >= 0.3 is 13.2 Å². The van der Waals surface area contributed by atoms with Crippen molar-refractivity contribution in [2.45, 2.75) is 13.2 Å². The summed E-state index contributed by atoms with van der Waals surface area (Å²) >= 11 is 0. The predicted octanol–water partition coefficient (Wildman–Crippen LogP) is 6.01. The molecule has 4 rings (SSSR count). The molecular weight excluding hydrogens is 485 g/mol. The van der Waals surface area contributed by atoms with Crippen molar-refractivity contribution in [2.75, 3.05) is 0 Å². The number of hydrogen-bond acceptors (Lipinski definition) is 5. The van der Waals surface area contributed by atoms with Gasteiger partial charge in [-0.15, -0.1) is 0 Å². The van der Waals surface area contributed by atoms with E-state index in [1.165, 1.54) is 36.4 Å². The third-order valence-corrected chi connectivity index (χ3v) is 4.90. The lowest BCUT2D eigenvalue weighted by Crippen LogP contribution is -2.18. The van der Waals surface area contributed by atoms with E-state index in [4.69, 9.17) is 0 Å². The molecule has 0 spiro atoms. The number of benzene rings is 3. The van der Waals surface area contributed by atoms with Crippen molar-refractivity contribution in [2.24, 2.45) is 5.10 Å². The van der Waals surface area contributed by atoms with Crippen LogP contribution < -0.4 is 14.9 Å². The Labute approximate surface area is 201 Å². The van der Waals surface area contributed by atoms with E-state index in [0.29, 0.717) is 22.2 Å². The van der Waals surface area contributed by atoms with Crippen molar-refractivity contribution in [3.63, 3.8) is 0 Å². The number of carbonyl (C=O) groups is 1. The highest BCUT2D eigenvalue weighted by Crippen LogP contribution is 2.27. The standard InChI is InChI=1S/C25H16F5N3O3/c26-16-8-5-14(6-9-16)21-12-19(18-3-1-2-4-20(18)32-21)23(34)33-31-13-15-7-10-17(35-24(27)28)11-22(15)36-25(29)30/h1-13,24-25H,(H,33,34). The number of fused-ring (bicyclic) bond motifs is 1. The minimum atomic E-state index is -3.23. The van der Waals surface area contributed by atoms with Crippen molar-refractivity contribution < 1.29 is 36.2 Å². The normalized spacial score (nSPS) is 11.4. The van der Waals surface area contributed by atoms with Gasteiger partial charge in [-0.1, -0.05) is 18.2 Å². The largest absolute Gasteiger partial charge is 0.435 e. The van der Waals surface area contributed by atoms with Crippen LogP contribution >= 0.6 is 0 Å². The van der Waals surface area contributed by atoms with Gasteiger partial charge in [0.2, 0.25) is 0 Å². The van der Waals surface area contributed by atoms with Crippen LogP contribution in [0.25, 0.3) is 22.2 Å². The Kier molecular flexibility index (Phi) is 7.38. The van der Waals surface area contributed by atoms with E-state index in [9.17, 15) is 26.7 Å². The summed E-state index contributed by atoms with van der Waals surface area (Å²) in [6.07, 6.45) is 1.02. The van der Waals surface area contributed by atoms with E-state index in [1.807, 2.05) is 0 Å². The monoisotopic (exact) mass is 501 g/mol. The van der Waals surface area contributed by atoms with Gasteiger partial charge in [-0.3, -0.25) is 4.79 Å². The number of halogens is 5. The Morgan fingerprint density at radius 1 is 0.917 bits per heavy atom. The van der Waals surface area contributed by atoms with Crippen molar-refractivity contribution >= 4 is 23.0 Å². The summed E-state index contributed by atoms with van der Waals surface area (Å²) in [5.74, 6) is -1.93. The molecule has 0 bridgehead atoms. The summed E-state index contributed by atoms with van der Waals surface area (Å²) in [5, 5.41) is 4.31. The molecule has 0 unspecified atom stereocenters. The zero-order valence-corrected chi connectivity index (χ0v) is 18.2. The molecule has 0 radical (unpaired) electrons. The molecule has 0 fully saturated rings. The van der Waals surface area contributed by atoms with Crippen LogP contribution in [0.3, 0.4) is 0 Å². The van der Waals surface area contributed by atoms with Crippen LogP contribution in [0.5, 0.6) is 11.5 Å². The van der Waals surface area contributed by atoms with Crippen LogP contribution in [-0.4, -0.2) is 30.3 Å². The zero-order valence-electron chi connectivity index (χ0n) is 18.2. The fourth-order valence-corrected chi connectivity index (χ4v) is 3.35. The van der Waals surface area contributed by atoms with Crippen molar-refractivity contribution in [3.8, 4) is 22.8 Å². The van der Waals surface area contributed by atoms with E-state index in [2.05, 4.69) is 25.0 Å². The van der Waals surface area contributed by atoms with Crippen LogP contribution in [0.2, 0.25) is 0 Å². The number of alkyl halides is 4. The fourth-order valence-electron chi connectivity index (χ4n) is 3.35. The van der Waals surface area contributed by atoms with Gasteiger partial charge in [0.25, 0.3) is 5.91 Å². The van der Waals surface area contributed by atoms with Crippen molar-refractivity contribution in [3.05, 3.63) is 89.7 Å². The van der Waals surface area contributed by atoms with Gasteiger partial charge in [0.1, 0.15) is 17.3 Å². The zero-order chi connectivity index (χ0) is 25.7. The second kappa shape index (κ2) is 10.8. The average Bonchev–Trinajstić information content (AvgIpc) is 2.84. The molecule has 0 saturated carbocycles. The number of rotatable bonds is 8. The predicted molar refractivity (Wildman–Crippen MR) is 122 cm³/mol. The van der Waals surface area contributed by atoms with Gasteiger partial charge in [0.05, 0.1) is 23.0 Å². The quantitative estimate of drug-likeness (QED) is 0.182. The molecule has 1 heterocycles. The minimum absolute atomic E-state index is 0.0243. The average molecular weight is 501 g/mol. The summed E-state index contributed by atoms with van der Waals surface area (Å²) in [6.45, 7) is -6.39. The number of nitrogens with zero attached hydrogens (tertiary/aromatic N) is 2. The van der Waals surface area contributed by atoms with Gasteiger partial charge in [-0.25, -0.2) is 14.8 Å². The summed E-state index contributed by atoms with van der Waals surface area (Å²) in [6, 6.07) is 17.1. The van der Waals surface area contributed by atoms with Gasteiger partial charge in [0.15, 0.2) is 0 Å². The molecule has 0 aliphatic rings. The van der Waals surface area contributed by atoms with Crippen molar-refractivity contribution in [1.29, 1.82) is 0 Å². The molecule has 36 heavy (non-hydrogen) atoms. The van der Waals surface area contributed by atoms with E-state index in [-0.39, 0.29) is 11.1 Å². The molecule has 3 aromatic carbocycles. The highest BCUT2D eigenvalue weighted by molar-refractivity contribution is 6.07. The van der Waals surface area contributed by atoms with Gasteiger partial charge in [-0.05, 0) is 48.5 Å². The Bertz CT molecular complexity index is 1410. The van der Waals surface area contributed by atoms with Crippen LogP contribution in [0, 0.1) is 5.82 Å². The van der Waals surface area contributed by atoms with Crippen LogP contribution in [0.15, 0.2) is 77.9 Å². The summed E-state index contributed by atoms with van der Waals surface area (Å²) in [5.41, 5.74) is 4.00. The Morgan fingerprint density at radius 3 is 2.36 bits per heavy atom. The summed E-state index contributed by atoms with van der Waals surface area (Å²) < 4.78 is 72.2. The number of carbonyl (C=O) groups excluding carboxylic acids is 1. The number of hydrogen-bond donors (Lipinski definition) is 1. The van der Waals surface area contributed by atoms with Gasteiger partial charge in [-0.2, -0.15) is 22.7 Å². The molecule has 0 aliphatic heterocycles. The number of amides is 1. The first-order valence-corrected chi connectivity index (χ1v) is 10.3. The lowest BCUT2D eigenvalue weighted by molar-refractivity contribution is -0.0543. The topological polar surface area (TPSA) is 72.8 Å². The first-order valence-electron chi connectivity index (χ1n) is 10.3. The van der Waals surface area contributed by atoms with Crippen LogP contribution in [-0.2, 0) is 0 Å². The number of aromatic nitrogens is 1. The molecule has 184 valence electrons. The third kappa shape index (κ3) is 5.93. The molecule has 1 N–H and O–H groups in total. The molecule has 0 atom stereocenters. The molecule has 0 saturated heterocycles. The Balaban J connectivity index is 1.61. The minimum Gasteiger partial charge on any atom is -0.435 e. The maximum Gasteiger partial charge on any atom is 0.387 e. The Morgan fingerprint density at radius 2 is 1.64 bits per heavy atom. The fraction of sp³-hybridized carbons (Fsp3) is 0.0800. The number of pyridine rings is 1. The van der Waals surface area contributed by atoms with E-state index >= 15 is 0 Å². The van der Waals surface area contributed by atoms with Crippen LogP contribution in [0.1, 0.15) is 15.9 Å². The number of ether oxygens (including phenoxy) is 2. The number of hydrazone groups is 1. The van der Waals surface area contributed by atoms with Gasteiger partial charge < -0.3 is 9.47 Å². The molecule has 0 aliphatic carbocycles. The summed E-state index contributed by atoms with van der Waals surface area (Å²) in [7, 11) is 0. The van der Waals surface area contributed by atoms with E-state index < -0.39 is 36.4 Å². The first-order chi connectivity index (χ1) is 17.3. The van der Waals surface area contributed by atoms with Crippen LogP contribution in [0.4, 0.5) is 22.0 Å². The highest BCUT2D eigenvalue weighted by atomic mass is 19.3. The number of para-hydroxylation sites is 1. The van der Waals surface area contributed by atoms with E-state index in [1.54, 1.807) is 24.3 Å². The SMILES string of the molecule is O=C(NN=Cc1ccc(OC(F)F)cc1OC(F)F)c1cc(-c2ccc(F)cc2)nc2ccccc12. The molecule has 11 heteroatoms. The highest BCUT2D eigenvalue weighted by Gasteiger charge is 2.15. The smallest absolute Gasteiger partial charge is 0.387 e. The molecule has 1 amide bonds. The molecular formula is C25H16F5N3O3. The second-order valence-corrected chi connectivity index (χ2v) is 7.23. The van der Waals surface area contributed by atoms with Crippen molar-refractivity contribution in [1.82, 2.24) is 10.4 Å². The third-order valence-electron chi connectivity index (χ3n) is 4.90. The molecule has 1 aromatic heterocycles. The summed E-state index contributed by atoms with van der Waals surface area (Å²) in [4.78, 5) is 17.5. The second-order valence-electron chi connectivity index (χ2n) is 7.23. The Hall–Kier alpha value is -4.54. The first kappa shape index (κ1) is 24.6. The maximum absolute atomic E-state index is 13.3. The number of nitrogens with one attached hydrogen (secondary N) is 1. The lowest BCUT2D eigenvalue weighted by atomic mass is 10.0. The molecule has 6 nitrogen and oxygen atoms in total. The van der Waals surface area contributed by atoms with Gasteiger partial charge in [0, 0.05) is 22.6 Å². The maximum atomic E-state index is 13.3. The lowest BCUT2D eigenvalue weighted by Gasteiger charge is -2.11.